The first-order valence-corrected chi connectivity index (χ1v) is 8.49. The van der Waals surface area contributed by atoms with E-state index in [-0.39, 0.29) is 5.91 Å². The zero-order chi connectivity index (χ0) is 16.1. The summed E-state index contributed by atoms with van der Waals surface area (Å²) >= 11 is 0. The summed E-state index contributed by atoms with van der Waals surface area (Å²) in [5.41, 5.74) is 0. The third kappa shape index (κ3) is 4.65. The van der Waals surface area contributed by atoms with Crippen LogP contribution in [0.25, 0.3) is 0 Å². The molecule has 128 valence electrons. The maximum Gasteiger partial charge on any atom is 0.219 e. The molecule has 3 unspecified atom stereocenters. The molecule has 0 aromatic carbocycles. The molecule has 1 amide bonds. The van der Waals surface area contributed by atoms with E-state index in [4.69, 9.17) is 4.74 Å². The Bertz CT molecular complexity index is 359. The summed E-state index contributed by atoms with van der Waals surface area (Å²) in [7, 11) is 0. The zero-order valence-electron chi connectivity index (χ0n) is 14.2. The lowest BCUT2D eigenvalue weighted by Gasteiger charge is -2.39. The van der Waals surface area contributed by atoms with Crippen LogP contribution >= 0.6 is 0 Å². The van der Waals surface area contributed by atoms with Crippen molar-refractivity contribution in [1.82, 2.24) is 14.7 Å². The fourth-order valence-electron chi connectivity index (χ4n) is 3.65. The number of nitrogens with zero attached hydrogens (tertiary/aromatic N) is 3. The van der Waals surface area contributed by atoms with Crippen molar-refractivity contribution in [3.63, 3.8) is 0 Å². The fraction of sp³-hybridized carbons (Fsp3) is 0.938. The Hall–Kier alpha value is -0.690. The molecule has 0 aromatic rings. The Morgan fingerprint density at radius 2 is 1.95 bits per heavy atom. The van der Waals surface area contributed by atoms with Gasteiger partial charge >= 0.3 is 0 Å². The van der Waals surface area contributed by atoms with Gasteiger partial charge in [-0.05, 0) is 12.8 Å². The Morgan fingerprint density at radius 1 is 1.27 bits per heavy atom. The van der Waals surface area contributed by atoms with Gasteiger partial charge < -0.3 is 14.7 Å². The molecular weight excluding hydrogens is 282 g/mol. The van der Waals surface area contributed by atoms with Crippen molar-refractivity contribution in [2.24, 2.45) is 5.92 Å². The lowest BCUT2D eigenvalue weighted by Crippen LogP contribution is -2.53. The summed E-state index contributed by atoms with van der Waals surface area (Å²) in [4.78, 5) is 18.2. The molecule has 3 atom stereocenters. The van der Waals surface area contributed by atoms with Crippen LogP contribution in [0.1, 0.15) is 20.8 Å². The molecule has 2 fully saturated rings. The van der Waals surface area contributed by atoms with Crippen LogP contribution < -0.4 is 0 Å². The minimum absolute atomic E-state index is 0.180. The molecule has 6 heteroatoms. The van der Waals surface area contributed by atoms with Gasteiger partial charge in [-0.25, -0.2) is 0 Å². The molecule has 6 nitrogen and oxygen atoms in total. The van der Waals surface area contributed by atoms with E-state index in [1.54, 1.807) is 6.92 Å². The Kier molecular flexibility index (Phi) is 6.62. The van der Waals surface area contributed by atoms with Crippen molar-refractivity contribution in [2.45, 2.75) is 32.9 Å². The number of piperazine rings is 1. The van der Waals surface area contributed by atoms with Gasteiger partial charge in [-0.15, -0.1) is 0 Å². The van der Waals surface area contributed by atoms with Gasteiger partial charge in [-0.2, -0.15) is 0 Å². The number of aliphatic hydroxyl groups is 1. The van der Waals surface area contributed by atoms with E-state index in [9.17, 15) is 9.90 Å². The standard InChI is InChI=1S/C16H31N3O3/c1-4-22-12-15(21)10-17-9-13(2)16(11-17)19-7-5-18(6-8-19)14(3)20/h13,15-16,21H,4-12H2,1-3H3. The number of likely N-dealkylation sites (tertiary alicyclic amines) is 1. The molecule has 2 aliphatic rings. The van der Waals surface area contributed by atoms with E-state index in [0.717, 1.165) is 39.3 Å². The molecule has 2 heterocycles. The second-order valence-electron chi connectivity index (χ2n) is 6.62. The number of carbonyl (C=O) groups excluding carboxylic acids is 1. The first-order valence-electron chi connectivity index (χ1n) is 8.49. The van der Waals surface area contributed by atoms with E-state index in [1.807, 2.05) is 11.8 Å². The van der Waals surface area contributed by atoms with Crippen molar-refractivity contribution >= 4 is 5.91 Å². The van der Waals surface area contributed by atoms with E-state index in [1.165, 1.54) is 0 Å². The summed E-state index contributed by atoms with van der Waals surface area (Å²) in [6.45, 7) is 13.3. The molecule has 2 saturated heterocycles. The number of β-amino-alcohol motifs (C(OH)–C–C–N with tert-alkyl or cyclic N) is 1. The van der Waals surface area contributed by atoms with Crippen molar-refractivity contribution in [2.75, 3.05) is 59.0 Å². The molecule has 0 aromatic heterocycles. The molecule has 22 heavy (non-hydrogen) atoms. The summed E-state index contributed by atoms with van der Waals surface area (Å²) in [6.07, 6.45) is -0.402. The van der Waals surface area contributed by atoms with Gasteiger partial charge in [0.2, 0.25) is 5.91 Å². The van der Waals surface area contributed by atoms with Crippen molar-refractivity contribution in [1.29, 1.82) is 0 Å². The summed E-state index contributed by atoms with van der Waals surface area (Å²) in [6, 6.07) is 0.536. The molecule has 0 saturated carbocycles. The molecule has 0 radical (unpaired) electrons. The third-order valence-electron chi connectivity index (χ3n) is 4.86. The van der Waals surface area contributed by atoms with E-state index < -0.39 is 6.10 Å². The Morgan fingerprint density at radius 3 is 2.55 bits per heavy atom. The lowest BCUT2D eigenvalue weighted by atomic mass is 10.0. The van der Waals surface area contributed by atoms with Crippen molar-refractivity contribution in [3.8, 4) is 0 Å². The van der Waals surface area contributed by atoms with Gasteiger partial charge in [0.05, 0.1) is 12.7 Å². The highest BCUT2D eigenvalue weighted by atomic mass is 16.5. The first-order chi connectivity index (χ1) is 10.5. The number of hydrogen-bond donors (Lipinski definition) is 1. The van der Waals surface area contributed by atoms with E-state index >= 15 is 0 Å². The first kappa shape index (κ1) is 17.7. The number of ether oxygens (including phenoxy) is 1. The highest BCUT2D eigenvalue weighted by Crippen LogP contribution is 2.23. The van der Waals surface area contributed by atoms with Crippen LogP contribution in [0.2, 0.25) is 0 Å². The number of amides is 1. The fourth-order valence-corrected chi connectivity index (χ4v) is 3.65. The van der Waals surface area contributed by atoms with Gasteiger partial charge in [0, 0.05) is 65.4 Å². The number of carbonyl (C=O) groups is 1. The molecule has 0 spiro atoms. The van der Waals surface area contributed by atoms with Crippen LogP contribution in [0.3, 0.4) is 0 Å². The van der Waals surface area contributed by atoms with E-state index in [2.05, 4.69) is 16.7 Å². The summed E-state index contributed by atoms with van der Waals surface area (Å²) in [5.74, 6) is 0.781. The van der Waals surface area contributed by atoms with Gasteiger partial charge in [-0.1, -0.05) is 6.92 Å². The minimum Gasteiger partial charge on any atom is -0.389 e. The van der Waals surface area contributed by atoms with Crippen LogP contribution in [0, 0.1) is 5.92 Å². The monoisotopic (exact) mass is 313 g/mol. The SMILES string of the molecule is CCOCC(O)CN1CC(C)C(N2CCN(C(C)=O)CC2)C1. The lowest BCUT2D eigenvalue weighted by molar-refractivity contribution is -0.130. The average Bonchev–Trinajstić information content (AvgIpc) is 2.85. The van der Waals surface area contributed by atoms with Crippen LogP contribution in [-0.4, -0.2) is 96.9 Å². The normalized spacial score (nSPS) is 29.0. The molecule has 0 aliphatic carbocycles. The maximum atomic E-state index is 11.4. The zero-order valence-corrected chi connectivity index (χ0v) is 14.2. The van der Waals surface area contributed by atoms with Gasteiger partial charge in [0.25, 0.3) is 0 Å². The van der Waals surface area contributed by atoms with Crippen LogP contribution in [0.5, 0.6) is 0 Å². The second-order valence-corrected chi connectivity index (χ2v) is 6.62. The minimum atomic E-state index is -0.402. The molecule has 0 bridgehead atoms. The molecule has 2 rings (SSSR count). The highest BCUT2D eigenvalue weighted by Gasteiger charge is 2.35. The quantitative estimate of drug-likeness (QED) is 0.740. The Balaban J connectivity index is 1.78. The van der Waals surface area contributed by atoms with Crippen LogP contribution in [0.15, 0.2) is 0 Å². The third-order valence-corrected chi connectivity index (χ3v) is 4.86. The maximum absolute atomic E-state index is 11.4. The van der Waals surface area contributed by atoms with Gasteiger partial charge in [0.1, 0.15) is 0 Å². The van der Waals surface area contributed by atoms with E-state index in [0.29, 0.717) is 31.7 Å². The number of rotatable bonds is 6. The second kappa shape index (κ2) is 8.24. The summed E-state index contributed by atoms with van der Waals surface area (Å²) in [5, 5.41) is 9.99. The van der Waals surface area contributed by atoms with Gasteiger partial charge in [-0.3, -0.25) is 14.6 Å². The predicted molar refractivity (Wildman–Crippen MR) is 85.7 cm³/mol. The van der Waals surface area contributed by atoms with Crippen LogP contribution in [0.4, 0.5) is 0 Å². The van der Waals surface area contributed by atoms with Crippen molar-refractivity contribution < 1.29 is 14.6 Å². The number of hydrogen-bond acceptors (Lipinski definition) is 5. The summed E-state index contributed by atoms with van der Waals surface area (Å²) < 4.78 is 5.29. The molecular formula is C16H31N3O3. The predicted octanol–water partition coefficient (Wildman–Crippen LogP) is -0.132. The largest absolute Gasteiger partial charge is 0.389 e. The topological polar surface area (TPSA) is 56.3 Å². The Labute approximate surface area is 134 Å². The number of aliphatic hydroxyl groups excluding tert-OH is 1. The van der Waals surface area contributed by atoms with Gasteiger partial charge in [0.15, 0.2) is 0 Å². The average molecular weight is 313 g/mol. The van der Waals surface area contributed by atoms with Crippen molar-refractivity contribution in [3.05, 3.63) is 0 Å². The smallest absolute Gasteiger partial charge is 0.219 e. The molecule has 1 N–H and O–H groups in total. The highest BCUT2D eigenvalue weighted by molar-refractivity contribution is 5.73. The van der Waals surface area contributed by atoms with Crippen LogP contribution in [-0.2, 0) is 9.53 Å². The molecule has 2 aliphatic heterocycles.